The first kappa shape index (κ1) is 30.0. The van der Waals surface area contributed by atoms with Gasteiger partial charge < -0.3 is 34.6 Å². The molecule has 1 aliphatic rings. The molecule has 0 fully saturated rings. The minimum absolute atomic E-state index is 0.0457. The second-order valence-electron chi connectivity index (χ2n) is 8.06. The molecule has 1 heterocycles. The van der Waals surface area contributed by atoms with E-state index in [1.54, 1.807) is 25.1 Å². The number of ether oxygens (including phenoxy) is 3. The van der Waals surface area contributed by atoms with E-state index in [4.69, 9.17) is 14.2 Å². The number of cyclic esters (lactones) is 2. The number of carbonyl (C=O) groups is 3. The Morgan fingerprint density at radius 2 is 2.03 bits per heavy atom. The molecule has 1 amide bonds. The summed E-state index contributed by atoms with van der Waals surface area (Å²) in [5, 5.41) is 26.8. The Labute approximate surface area is 220 Å². The number of hydrogen-bond donors (Lipinski definition) is 3. The zero-order valence-corrected chi connectivity index (χ0v) is 21.4. The second kappa shape index (κ2) is 15.8. The van der Waals surface area contributed by atoms with Crippen molar-refractivity contribution in [2.75, 3.05) is 14.2 Å². The highest BCUT2D eigenvalue weighted by atomic mass is 16.7. The molecule has 3 unspecified atom stereocenters. The molecule has 0 aromatic heterocycles. The van der Waals surface area contributed by atoms with Crippen LogP contribution in [0.25, 0.3) is 0 Å². The molecular weight excluding hydrogens is 496 g/mol. The smallest absolute Gasteiger partial charge is 0.342 e. The summed E-state index contributed by atoms with van der Waals surface area (Å²) in [4.78, 5) is 42.0. The van der Waals surface area contributed by atoms with Crippen LogP contribution in [0.15, 0.2) is 71.6 Å². The van der Waals surface area contributed by atoms with E-state index in [2.05, 4.69) is 15.3 Å². The highest BCUT2D eigenvalue weighted by Gasteiger charge is 2.25. The molecule has 2 rings (SSSR count). The Bertz CT molecular complexity index is 1120. The highest BCUT2D eigenvalue weighted by molar-refractivity contribution is 5.94. The standard InChI is InChI=1S/C27H32N2O9/c1-18-11-12-19-7-4-9-22(31)26(19)27(34)37-20(8-5-15-28-23(32)10-6-16-29-36-3)17-24(33)38-25(35-2)14-13-21(18)30/h4-7,9-11,13-16,20-21,25,30-31H,8,12,17H2,1-3H3,(H,28,32)/b10-6+,14-13+,15-5+,18-11-,29-16+. The van der Waals surface area contributed by atoms with Gasteiger partial charge in [-0.25, -0.2) is 4.79 Å². The van der Waals surface area contributed by atoms with E-state index in [9.17, 15) is 24.6 Å². The third-order valence-corrected chi connectivity index (χ3v) is 5.28. The van der Waals surface area contributed by atoms with Gasteiger partial charge in [0.25, 0.3) is 0 Å². The van der Waals surface area contributed by atoms with Crippen molar-refractivity contribution in [3.63, 3.8) is 0 Å². The van der Waals surface area contributed by atoms with Gasteiger partial charge >= 0.3 is 11.9 Å². The first-order valence-corrected chi connectivity index (χ1v) is 11.7. The van der Waals surface area contributed by atoms with Gasteiger partial charge in [0.05, 0.1) is 18.7 Å². The van der Waals surface area contributed by atoms with Gasteiger partial charge in [0.15, 0.2) is 0 Å². The number of aliphatic hydroxyl groups is 1. The molecule has 38 heavy (non-hydrogen) atoms. The van der Waals surface area contributed by atoms with Gasteiger partial charge in [0.2, 0.25) is 12.2 Å². The van der Waals surface area contributed by atoms with Crippen LogP contribution in [0.4, 0.5) is 0 Å². The van der Waals surface area contributed by atoms with Crippen molar-refractivity contribution in [2.45, 2.75) is 44.7 Å². The molecule has 11 heteroatoms. The molecular formula is C27H32N2O9. The highest BCUT2D eigenvalue weighted by Crippen LogP contribution is 2.25. The monoisotopic (exact) mass is 528 g/mol. The average Bonchev–Trinajstić information content (AvgIpc) is 2.89. The van der Waals surface area contributed by atoms with Crippen LogP contribution in [0.2, 0.25) is 0 Å². The maximum absolute atomic E-state index is 13.1. The van der Waals surface area contributed by atoms with E-state index in [0.29, 0.717) is 11.1 Å². The molecule has 0 saturated carbocycles. The summed E-state index contributed by atoms with van der Waals surface area (Å²) in [7, 11) is 2.71. The normalized spacial score (nSPS) is 23.6. The summed E-state index contributed by atoms with van der Waals surface area (Å²) in [5.41, 5.74) is 0.999. The fourth-order valence-corrected chi connectivity index (χ4v) is 3.28. The van der Waals surface area contributed by atoms with Crippen molar-refractivity contribution in [3.05, 3.63) is 77.6 Å². The molecule has 1 aliphatic heterocycles. The van der Waals surface area contributed by atoms with E-state index in [1.807, 2.05) is 0 Å². The number of amides is 1. The van der Waals surface area contributed by atoms with Crippen LogP contribution in [0.3, 0.4) is 0 Å². The lowest BCUT2D eigenvalue weighted by Crippen LogP contribution is -2.26. The van der Waals surface area contributed by atoms with Crippen molar-refractivity contribution >= 4 is 24.1 Å². The number of nitrogens with one attached hydrogen (secondary N) is 1. The van der Waals surface area contributed by atoms with E-state index in [1.165, 1.54) is 63.1 Å². The number of hydrogen-bond acceptors (Lipinski definition) is 10. The van der Waals surface area contributed by atoms with Crippen LogP contribution >= 0.6 is 0 Å². The number of phenols is 1. The van der Waals surface area contributed by atoms with Crippen LogP contribution in [0, 0.1) is 0 Å². The number of carbonyl (C=O) groups excluding carboxylic acids is 3. The lowest BCUT2D eigenvalue weighted by atomic mass is 10.0. The van der Waals surface area contributed by atoms with Gasteiger partial charge in [0, 0.05) is 25.8 Å². The molecule has 0 aliphatic carbocycles. The number of methoxy groups -OCH3 is 1. The molecule has 0 bridgehead atoms. The zero-order chi connectivity index (χ0) is 27.9. The maximum Gasteiger partial charge on any atom is 0.342 e. The molecule has 204 valence electrons. The molecule has 11 nitrogen and oxygen atoms in total. The molecule has 3 N–H and O–H groups in total. The van der Waals surface area contributed by atoms with Gasteiger partial charge in [0.1, 0.15) is 24.5 Å². The predicted molar refractivity (Wildman–Crippen MR) is 138 cm³/mol. The number of fused-ring (bicyclic) bond motifs is 1. The van der Waals surface area contributed by atoms with Crippen molar-refractivity contribution in [3.8, 4) is 5.75 Å². The summed E-state index contributed by atoms with van der Waals surface area (Å²) < 4.78 is 16.0. The quantitative estimate of drug-likeness (QED) is 0.159. The summed E-state index contributed by atoms with van der Waals surface area (Å²) in [6, 6.07) is 4.61. The first-order chi connectivity index (χ1) is 18.2. The summed E-state index contributed by atoms with van der Waals surface area (Å²) in [6.45, 7) is 1.70. The van der Waals surface area contributed by atoms with Gasteiger partial charge in [-0.05, 0) is 48.8 Å². The first-order valence-electron chi connectivity index (χ1n) is 11.7. The zero-order valence-electron chi connectivity index (χ0n) is 21.4. The second-order valence-corrected chi connectivity index (χ2v) is 8.06. The summed E-state index contributed by atoms with van der Waals surface area (Å²) >= 11 is 0. The number of aliphatic hydroxyl groups excluding tert-OH is 1. The van der Waals surface area contributed by atoms with Gasteiger partial charge in [-0.3, -0.25) is 9.59 Å². The van der Waals surface area contributed by atoms with E-state index in [-0.39, 0.29) is 30.6 Å². The number of oxime groups is 1. The fourth-order valence-electron chi connectivity index (χ4n) is 3.28. The summed E-state index contributed by atoms with van der Waals surface area (Å²) in [6.07, 6.45) is 8.18. The Hall–Kier alpha value is -4.22. The van der Waals surface area contributed by atoms with E-state index < -0.39 is 36.3 Å². The van der Waals surface area contributed by atoms with E-state index >= 15 is 0 Å². The van der Waals surface area contributed by atoms with Gasteiger partial charge in [-0.15, -0.1) is 0 Å². The molecule has 1 aromatic carbocycles. The number of phenolic OH excluding ortho intramolecular Hbond substituents is 1. The molecule has 0 radical (unpaired) electrons. The summed E-state index contributed by atoms with van der Waals surface area (Å²) in [5.74, 6) is -2.29. The van der Waals surface area contributed by atoms with Crippen LogP contribution in [0.5, 0.6) is 5.75 Å². The largest absolute Gasteiger partial charge is 0.507 e. The molecule has 0 saturated heterocycles. The Balaban J connectivity index is 2.28. The topological polar surface area (TPSA) is 153 Å². The third kappa shape index (κ3) is 10.0. The third-order valence-electron chi connectivity index (χ3n) is 5.28. The molecule has 3 atom stereocenters. The SMILES string of the molecule is CO/N=C/C=C/C(=O)N/C=C/CC1CC(=O)OC(OC)/C=C/C(O)/C(C)=C\Cc2cccc(O)c2C(=O)O1. The van der Waals surface area contributed by atoms with Crippen molar-refractivity contribution < 1.29 is 43.6 Å². The van der Waals surface area contributed by atoms with E-state index in [0.717, 1.165) is 0 Å². The number of aromatic hydroxyl groups is 1. The van der Waals surface area contributed by atoms with Gasteiger partial charge in [-0.1, -0.05) is 29.4 Å². The number of benzene rings is 1. The number of esters is 2. The van der Waals surface area contributed by atoms with Crippen LogP contribution < -0.4 is 5.32 Å². The number of rotatable bonds is 7. The molecule has 1 aromatic rings. The Kier molecular flexibility index (Phi) is 12.5. The van der Waals surface area contributed by atoms with Crippen LogP contribution in [-0.2, 0) is 35.1 Å². The lowest BCUT2D eigenvalue weighted by Gasteiger charge is -2.19. The lowest BCUT2D eigenvalue weighted by molar-refractivity contribution is -0.167. The number of nitrogens with zero attached hydrogens (tertiary/aromatic N) is 1. The predicted octanol–water partition coefficient (Wildman–Crippen LogP) is 2.45. The van der Waals surface area contributed by atoms with Crippen molar-refractivity contribution in [2.24, 2.45) is 5.16 Å². The number of allylic oxidation sites excluding steroid dienone is 2. The Morgan fingerprint density at radius 3 is 2.76 bits per heavy atom. The fraction of sp³-hybridized carbons (Fsp3) is 0.333. The minimum Gasteiger partial charge on any atom is -0.507 e. The van der Waals surface area contributed by atoms with Crippen molar-refractivity contribution in [1.82, 2.24) is 5.32 Å². The Morgan fingerprint density at radius 1 is 1.24 bits per heavy atom. The van der Waals surface area contributed by atoms with Crippen LogP contribution in [0.1, 0.15) is 35.7 Å². The maximum atomic E-state index is 13.1. The average molecular weight is 529 g/mol. The molecule has 0 spiro atoms. The van der Waals surface area contributed by atoms with Crippen molar-refractivity contribution in [1.29, 1.82) is 0 Å². The minimum atomic E-state index is -1.07. The van der Waals surface area contributed by atoms with Gasteiger partial charge in [-0.2, -0.15) is 0 Å². The van der Waals surface area contributed by atoms with Crippen LogP contribution in [-0.4, -0.2) is 67.0 Å².